The maximum Gasteiger partial charge on any atom is 0.270 e. The standard InChI is InChI=1S/C13H21N3O4S.ClH/c1-4-11-6-7-12(16(17)18)8-13(11)21(19,20)15-9-10(3)14-5-2;/h6-8,10,14-15H,4-5,9H2,1-3H3;1H/t10-;/m1./s1. The Hall–Kier alpha value is -1.22. The van der Waals surface area contributed by atoms with E-state index in [0.29, 0.717) is 12.0 Å². The van der Waals surface area contributed by atoms with Gasteiger partial charge in [0, 0.05) is 24.7 Å². The van der Waals surface area contributed by atoms with Crippen molar-refractivity contribution in [3.63, 3.8) is 0 Å². The highest BCUT2D eigenvalue weighted by Crippen LogP contribution is 2.22. The zero-order valence-electron chi connectivity index (χ0n) is 12.8. The molecule has 0 saturated heterocycles. The molecular formula is C13H22ClN3O4S. The fraction of sp³-hybridized carbons (Fsp3) is 0.538. The topological polar surface area (TPSA) is 101 Å². The fourth-order valence-corrected chi connectivity index (χ4v) is 3.39. The Balaban J connectivity index is 0.00000441. The van der Waals surface area contributed by atoms with E-state index in [1.165, 1.54) is 12.1 Å². The number of halogens is 1. The number of nitrogens with one attached hydrogen (secondary N) is 2. The van der Waals surface area contributed by atoms with Gasteiger partial charge in [-0.05, 0) is 25.5 Å². The van der Waals surface area contributed by atoms with Crippen LogP contribution in [0.5, 0.6) is 0 Å². The van der Waals surface area contributed by atoms with Gasteiger partial charge in [-0.2, -0.15) is 0 Å². The molecule has 2 N–H and O–H groups in total. The summed E-state index contributed by atoms with van der Waals surface area (Å²) < 4.78 is 27.2. The van der Waals surface area contributed by atoms with Crippen LogP contribution in [-0.2, 0) is 16.4 Å². The van der Waals surface area contributed by atoms with Gasteiger partial charge in [0.05, 0.1) is 9.82 Å². The SMILES string of the molecule is CCN[C@H](C)CNS(=O)(=O)c1cc([N+](=O)[O-])ccc1CC.Cl. The Morgan fingerprint density at radius 1 is 1.32 bits per heavy atom. The summed E-state index contributed by atoms with van der Waals surface area (Å²) >= 11 is 0. The van der Waals surface area contributed by atoms with Crippen LogP contribution in [0, 0.1) is 10.1 Å². The van der Waals surface area contributed by atoms with Crippen LogP contribution < -0.4 is 10.0 Å². The van der Waals surface area contributed by atoms with Gasteiger partial charge in [0.1, 0.15) is 0 Å². The minimum Gasteiger partial charge on any atom is -0.313 e. The molecule has 9 heteroatoms. The number of benzene rings is 1. The summed E-state index contributed by atoms with van der Waals surface area (Å²) in [5.74, 6) is 0. The van der Waals surface area contributed by atoms with E-state index >= 15 is 0 Å². The molecule has 0 radical (unpaired) electrons. The van der Waals surface area contributed by atoms with Crippen molar-refractivity contribution in [1.82, 2.24) is 10.0 Å². The van der Waals surface area contributed by atoms with Gasteiger partial charge in [-0.25, -0.2) is 13.1 Å². The predicted molar refractivity (Wildman–Crippen MR) is 88.0 cm³/mol. The number of rotatable bonds is 8. The molecule has 1 rings (SSSR count). The molecule has 22 heavy (non-hydrogen) atoms. The molecule has 1 atom stereocenters. The largest absolute Gasteiger partial charge is 0.313 e. The van der Waals surface area contributed by atoms with E-state index in [9.17, 15) is 18.5 Å². The van der Waals surface area contributed by atoms with Gasteiger partial charge in [0.25, 0.3) is 5.69 Å². The summed E-state index contributed by atoms with van der Waals surface area (Å²) in [5.41, 5.74) is 0.330. The van der Waals surface area contributed by atoms with Crippen molar-refractivity contribution >= 4 is 28.1 Å². The van der Waals surface area contributed by atoms with E-state index in [-0.39, 0.29) is 35.6 Å². The van der Waals surface area contributed by atoms with Gasteiger partial charge in [0.2, 0.25) is 10.0 Å². The highest BCUT2D eigenvalue weighted by molar-refractivity contribution is 7.89. The lowest BCUT2D eigenvalue weighted by molar-refractivity contribution is -0.385. The number of nitro groups is 1. The molecular weight excluding hydrogens is 330 g/mol. The summed E-state index contributed by atoms with van der Waals surface area (Å²) in [6.07, 6.45) is 0.483. The summed E-state index contributed by atoms with van der Waals surface area (Å²) in [7, 11) is -3.77. The molecule has 0 aliphatic carbocycles. The third-order valence-corrected chi connectivity index (χ3v) is 4.57. The Labute approximate surface area is 137 Å². The highest BCUT2D eigenvalue weighted by atomic mass is 35.5. The zero-order valence-corrected chi connectivity index (χ0v) is 14.5. The van der Waals surface area contributed by atoms with Gasteiger partial charge < -0.3 is 5.32 Å². The second kappa shape index (κ2) is 9.04. The number of hydrogen-bond donors (Lipinski definition) is 2. The van der Waals surface area contributed by atoms with E-state index in [4.69, 9.17) is 0 Å². The van der Waals surface area contributed by atoms with Gasteiger partial charge in [-0.3, -0.25) is 10.1 Å². The molecule has 0 heterocycles. The lowest BCUT2D eigenvalue weighted by Gasteiger charge is -2.15. The maximum absolute atomic E-state index is 12.3. The highest BCUT2D eigenvalue weighted by Gasteiger charge is 2.21. The average Bonchev–Trinajstić information content (AvgIpc) is 2.44. The summed E-state index contributed by atoms with van der Waals surface area (Å²) in [6, 6.07) is 3.90. The van der Waals surface area contributed by atoms with Crippen molar-refractivity contribution in [2.24, 2.45) is 0 Å². The molecule has 0 unspecified atom stereocenters. The lowest BCUT2D eigenvalue weighted by atomic mass is 10.1. The van der Waals surface area contributed by atoms with Crippen molar-refractivity contribution in [3.05, 3.63) is 33.9 Å². The smallest absolute Gasteiger partial charge is 0.270 e. The van der Waals surface area contributed by atoms with E-state index in [1.807, 2.05) is 13.8 Å². The molecule has 0 aliphatic rings. The van der Waals surface area contributed by atoms with E-state index in [2.05, 4.69) is 10.0 Å². The van der Waals surface area contributed by atoms with Crippen LogP contribution in [0.15, 0.2) is 23.1 Å². The minimum absolute atomic E-state index is 0. The first-order valence-electron chi connectivity index (χ1n) is 6.82. The average molecular weight is 352 g/mol. The first-order valence-corrected chi connectivity index (χ1v) is 8.30. The van der Waals surface area contributed by atoms with E-state index in [0.717, 1.165) is 12.6 Å². The first-order chi connectivity index (χ1) is 9.81. The monoisotopic (exact) mass is 351 g/mol. The molecule has 126 valence electrons. The van der Waals surface area contributed by atoms with Crippen molar-refractivity contribution in [2.45, 2.75) is 38.1 Å². The number of nitro benzene ring substituents is 1. The molecule has 0 bridgehead atoms. The number of hydrogen-bond acceptors (Lipinski definition) is 5. The van der Waals surface area contributed by atoms with Gasteiger partial charge in [-0.1, -0.05) is 19.9 Å². The second-order valence-electron chi connectivity index (χ2n) is 4.71. The number of aryl methyl sites for hydroxylation is 1. The van der Waals surface area contributed by atoms with Crippen molar-refractivity contribution in [1.29, 1.82) is 0 Å². The van der Waals surface area contributed by atoms with Crippen LogP contribution in [0.3, 0.4) is 0 Å². The second-order valence-corrected chi connectivity index (χ2v) is 6.45. The Kier molecular flexibility index (Phi) is 8.54. The van der Waals surface area contributed by atoms with Gasteiger partial charge in [0.15, 0.2) is 0 Å². The van der Waals surface area contributed by atoms with Crippen LogP contribution in [0.25, 0.3) is 0 Å². The van der Waals surface area contributed by atoms with Crippen LogP contribution in [0.2, 0.25) is 0 Å². The minimum atomic E-state index is -3.77. The van der Waals surface area contributed by atoms with Crippen molar-refractivity contribution < 1.29 is 13.3 Å². The molecule has 0 aromatic heterocycles. The van der Waals surface area contributed by atoms with Gasteiger partial charge in [-0.15, -0.1) is 12.4 Å². The fourth-order valence-electron chi connectivity index (χ4n) is 1.93. The number of sulfonamides is 1. The van der Waals surface area contributed by atoms with Gasteiger partial charge >= 0.3 is 0 Å². The number of likely N-dealkylation sites (N-methyl/N-ethyl adjacent to an activating group) is 1. The van der Waals surface area contributed by atoms with Crippen LogP contribution in [0.4, 0.5) is 5.69 Å². The molecule has 7 nitrogen and oxygen atoms in total. The Bertz CT molecular complexity index is 607. The molecule has 1 aromatic rings. The Morgan fingerprint density at radius 3 is 2.45 bits per heavy atom. The van der Waals surface area contributed by atoms with Crippen LogP contribution in [0.1, 0.15) is 26.3 Å². The van der Waals surface area contributed by atoms with Crippen LogP contribution >= 0.6 is 12.4 Å². The summed E-state index contributed by atoms with van der Waals surface area (Å²) in [5, 5.41) is 13.9. The predicted octanol–water partition coefficient (Wildman–Crippen LogP) is 1.86. The molecule has 0 spiro atoms. The third kappa shape index (κ3) is 5.53. The summed E-state index contributed by atoms with van der Waals surface area (Å²) in [4.78, 5) is 10.2. The molecule has 0 aliphatic heterocycles. The van der Waals surface area contributed by atoms with Crippen molar-refractivity contribution in [3.8, 4) is 0 Å². The van der Waals surface area contributed by atoms with Crippen molar-refractivity contribution in [2.75, 3.05) is 13.1 Å². The summed E-state index contributed by atoms with van der Waals surface area (Å²) in [6.45, 7) is 6.56. The quantitative estimate of drug-likeness (QED) is 0.549. The number of non-ortho nitro benzene ring substituents is 1. The molecule has 0 amide bonds. The third-order valence-electron chi connectivity index (χ3n) is 3.06. The zero-order chi connectivity index (χ0) is 16.0. The maximum atomic E-state index is 12.3. The normalized spacial score (nSPS) is 12.5. The lowest BCUT2D eigenvalue weighted by Crippen LogP contribution is -2.39. The van der Waals surface area contributed by atoms with Crippen LogP contribution in [-0.4, -0.2) is 32.5 Å². The molecule has 0 fully saturated rings. The van der Waals surface area contributed by atoms with E-state index in [1.54, 1.807) is 6.92 Å². The Morgan fingerprint density at radius 2 is 1.95 bits per heavy atom. The number of nitrogens with zero attached hydrogens (tertiary/aromatic N) is 1. The molecule has 0 saturated carbocycles. The molecule has 1 aromatic carbocycles. The first kappa shape index (κ1) is 20.8. The van der Waals surface area contributed by atoms with E-state index < -0.39 is 14.9 Å².